The Morgan fingerprint density at radius 1 is 1.22 bits per heavy atom. The van der Waals surface area contributed by atoms with E-state index in [9.17, 15) is 14.9 Å². The molecule has 1 unspecified atom stereocenters. The molecule has 23 heavy (non-hydrogen) atoms. The average Bonchev–Trinajstić information content (AvgIpc) is 3.00. The van der Waals surface area contributed by atoms with Gasteiger partial charge in [-0.2, -0.15) is 5.26 Å². The first-order valence-electron chi connectivity index (χ1n) is 6.78. The minimum absolute atomic E-state index is 0.0684. The Morgan fingerprint density at radius 2 is 2.04 bits per heavy atom. The van der Waals surface area contributed by atoms with Gasteiger partial charge in [0.25, 0.3) is 5.91 Å². The molecule has 0 saturated heterocycles. The summed E-state index contributed by atoms with van der Waals surface area (Å²) in [5, 5.41) is 11.6. The van der Waals surface area contributed by atoms with Crippen LogP contribution in [0, 0.1) is 17.2 Å². The van der Waals surface area contributed by atoms with Crippen molar-refractivity contribution in [2.24, 2.45) is 5.92 Å². The van der Waals surface area contributed by atoms with E-state index in [0.29, 0.717) is 5.65 Å². The van der Waals surface area contributed by atoms with E-state index in [4.69, 9.17) is 0 Å². The molecule has 0 aliphatic carbocycles. The summed E-state index contributed by atoms with van der Waals surface area (Å²) in [6.07, 6.45) is 4.73. The number of nitrogens with zero attached hydrogens (tertiary/aromatic N) is 4. The van der Waals surface area contributed by atoms with E-state index in [2.05, 4.69) is 15.3 Å². The molecule has 1 atom stereocenters. The Bertz CT molecular complexity index is 878. The summed E-state index contributed by atoms with van der Waals surface area (Å²) in [7, 11) is 0. The summed E-state index contributed by atoms with van der Waals surface area (Å²) >= 11 is 0. The van der Waals surface area contributed by atoms with Crippen LogP contribution in [0.1, 0.15) is 10.5 Å². The molecule has 3 heterocycles. The second-order valence-electron chi connectivity index (χ2n) is 4.72. The lowest BCUT2D eigenvalue weighted by Crippen LogP contribution is -2.29. The van der Waals surface area contributed by atoms with Crippen LogP contribution >= 0.6 is 0 Å². The van der Waals surface area contributed by atoms with Gasteiger partial charge in [-0.05, 0) is 24.3 Å². The molecule has 7 heteroatoms. The molecule has 0 saturated carbocycles. The van der Waals surface area contributed by atoms with Crippen LogP contribution < -0.4 is 5.32 Å². The summed E-state index contributed by atoms with van der Waals surface area (Å²) in [6.45, 7) is 0. The first-order valence-corrected chi connectivity index (χ1v) is 6.78. The summed E-state index contributed by atoms with van der Waals surface area (Å²) in [4.78, 5) is 32.6. The number of pyridine rings is 2. The van der Waals surface area contributed by atoms with Gasteiger partial charge in [0.1, 0.15) is 17.2 Å². The maximum atomic E-state index is 12.4. The minimum atomic E-state index is -1.48. The highest BCUT2D eigenvalue weighted by Gasteiger charge is 2.29. The molecule has 1 amide bonds. The predicted molar refractivity (Wildman–Crippen MR) is 81.5 cm³/mol. The summed E-state index contributed by atoms with van der Waals surface area (Å²) < 4.78 is 1.65. The van der Waals surface area contributed by atoms with Gasteiger partial charge in [-0.1, -0.05) is 12.1 Å². The van der Waals surface area contributed by atoms with Gasteiger partial charge in [-0.15, -0.1) is 0 Å². The van der Waals surface area contributed by atoms with Crippen molar-refractivity contribution >= 4 is 23.2 Å². The molecule has 0 fully saturated rings. The Kier molecular flexibility index (Phi) is 3.80. The number of hydrogen-bond donors (Lipinski definition) is 1. The molecule has 0 aliphatic rings. The van der Waals surface area contributed by atoms with Crippen LogP contribution in [0.3, 0.4) is 0 Å². The lowest BCUT2D eigenvalue weighted by atomic mass is 10.0. The van der Waals surface area contributed by atoms with Gasteiger partial charge in [0, 0.05) is 18.6 Å². The molecule has 1 N–H and O–H groups in total. The van der Waals surface area contributed by atoms with Crippen LogP contribution in [-0.2, 0) is 4.79 Å². The van der Waals surface area contributed by atoms with Gasteiger partial charge in [0.2, 0.25) is 5.78 Å². The maximum absolute atomic E-state index is 12.4. The van der Waals surface area contributed by atoms with E-state index in [1.807, 2.05) is 0 Å². The molecule has 0 radical (unpaired) electrons. The number of rotatable bonds is 4. The van der Waals surface area contributed by atoms with Gasteiger partial charge in [0.05, 0.1) is 6.07 Å². The van der Waals surface area contributed by atoms with E-state index in [-0.39, 0.29) is 11.5 Å². The third-order valence-electron chi connectivity index (χ3n) is 3.19. The van der Waals surface area contributed by atoms with E-state index in [0.717, 1.165) is 0 Å². The molecule has 0 bridgehead atoms. The van der Waals surface area contributed by atoms with Crippen molar-refractivity contribution in [3.63, 3.8) is 0 Å². The number of nitriles is 1. The third-order valence-corrected chi connectivity index (χ3v) is 3.19. The SMILES string of the molecule is N#CC(C(=O)Nc1ccccn1)C(=O)c1cn2ccccc2n1. The summed E-state index contributed by atoms with van der Waals surface area (Å²) in [5.74, 6) is -2.58. The van der Waals surface area contributed by atoms with Crippen molar-refractivity contribution in [2.75, 3.05) is 5.32 Å². The number of imidazole rings is 1. The van der Waals surface area contributed by atoms with E-state index in [1.54, 1.807) is 53.1 Å². The van der Waals surface area contributed by atoms with Crippen molar-refractivity contribution < 1.29 is 9.59 Å². The summed E-state index contributed by atoms with van der Waals surface area (Å²) in [6, 6.07) is 12.0. The molecule has 0 aromatic carbocycles. The molecule has 112 valence electrons. The van der Waals surface area contributed by atoms with Crippen molar-refractivity contribution in [3.05, 3.63) is 60.7 Å². The van der Waals surface area contributed by atoms with Gasteiger partial charge < -0.3 is 9.72 Å². The smallest absolute Gasteiger partial charge is 0.250 e. The number of aromatic nitrogens is 3. The zero-order valence-electron chi connectivity index (χ0n) is 11.9. The summed E-state index contributed by atoms with van der Waals surface area (Å²) in [5.41, 5.74) is 0.636. The van der Waals surface area contributed by atoms with Gasteiger partial charge in [-0.25, -0.2) is 9.97 Å². The lowest BCUT2D eigenvalue weighted by Gasteiger charge is -2.07. The van der Waals surface area contributed by atoms with Crippen LogP contribution in [0.5, 0.6) is 0 Å². The minimum Gasteiger partial charge on any atom is -0.309 e. The van der Waals surface area contributed by atoms with Crippen molar-refractivity contribution in [2.45, 2.75) is 0 Å². The number of anilines is 1. The fourth-order valence-electron chi connectivity index (χ4n) is 2.07. The average molecular weight is 305 g/mol. The van der Waals surface area contributed by atoms with E-state index in [1.165, 1.54) is 12.4 Å². The van der Waals surface area contributed by atoms with Crippen molar-refractivity contribution in [1.29, 1.82) is 5.26 Å². The van der Waals surface area contributed by atoms with Crippen LogP contribution in [0.25, 0.3) is 5.65 Å². The second-order valence-corrected chi connectivity index (χ2v) is 4.72. The third kappa shape index (κ3) is 2.91. The molecule has 3 aromatic heterocycles. The first kappa shape index (κ1) is 14.4. The van der Waals surface area contributed by atoms with Gasteiger partial charge >= 0.3 is 0 Å². The quantitative estimate of drug-likeness (QED) is 0.584. The monoisotopic (exact) mass is 305 g/mol. The Morgan fingerprint density at radius 3 is 2.74 bits per heavy atom. The van der Waals surface area contributed by atoms with E-state index >= 15 is 0 Å². The van der Waals surface area contributed by atoms with Crippen LogP contribution in [-0.4, -0.2) is 26.1 Å². The molecule has 0 aliphatic heterocycles. The number of ketones is 1. The topological polar surface area (TPSA) is 100 Å². The first-order chi connectivity index (χ1) is 11.2. The molecule has 3 aromatic rings. The number of carbonyl (C=O) groups is 2. The predicted octanol–water partition coefficient (Wildman–Crippen LogP) is 1.69. The number of amides is 1. The van der Waals surface area contributed by atoms with E-state index < -0.39 is 17.6 Å². The molecule has 0 spiro atoms. The van der Waals surface area contributed by atoms with Gasteiger partial charge in [0.15, 0.2) is 5.92 Å². The van der Waals surface area contributed by atoms with Crippen LogP contribution in [0.15, 0.2) is 55.0 Å². The fourth-order valence-corrected chi connectivity index (χ4v) is 2.07. The lowest BCUT2D eigenvalue weighted by molar-refractivity contribution is -0.117. The highest BCUT2D eigenvalue weighted by molar-refractivity contribution is 6.14. The number of nitrogens with one attached hydrogen (secondary N) is 1. The highest BCUT2D eigenvalue weighted by atomic mass is 16.2. The van der Waals surface area contributed by atoms with Crippen molar-refractivity contribution in [3.8, 4) is 6.07 Å². The number of fused-ring (bicyclic) bond motifs is 1. The van der Waals surface area contributed by atoms with Crippen LogP contribution in [0.2, 0.25) is 0 Å². The van der Waals surface area contributed by atoms with Crippen LogP contribution in [0.4, 0.5) is 5.82 Å². The number of Topliss-reactive ketones (excluding diaryl/α,β-unsaturated/α-hetero) is 1. The molecule has 7 nitrogen and oxygen atoms in total. The molecular formula is C16H11N5O2. The maximum Gasteiger partial charge on any atom is 0.250 e. The largest absolute Gasteiger partial charge is 0.309 e. The number of hydrogen-bond acceptors (Lipinski definition) is 5. The Labute approximate surface area is 131 Å². The molecular weight excluding hydrogens is 294 g/mol. The Balaban J connectivity index is 1.83. The Hall–Kier alpha value is -3.53. The molecule has 3 rings (SSSR count). The van der Waals surface area contributed by atoms with Crippen molar-refractivity contribution in [1.82, 2.24) is 14.4 Å². The standard InChI is InChI=1S/C16H11N5O2/c17-9-11(16(23)20-13-5-1-3-7-18-13)15(22)12-10-21-8-4-2-6-14(21)19-12/h1-8,10-11H,(H,18,20,23). The zero-order valence-corrected chi connectivity index (χ0v) is 11.9. The highest BCUT2D eigenvalue weighted by Crippen LogP contribution is 2.12. The second kappa shape index (κ2) is 6.07. The zero-order chi connectivity index (χ0) is 16.2. The number of carbonyl (C=O) groups excluding carboxylic acids is 2. The fraction of sp³-hybridized carbons (Fsp3) is 0.0625. The van der Waals surface area contributed by atoms with Gasteiger partial charge in [-0.3, -0.25) is 9.59 Å². The normalized spacial score (nSPS) is 11.6.